The van der Waals surface area contributed by atoms with Crippen LogP contribution in [-0.4, -0.2) is 19.8 Å². The first-order valence-corrected chi connectivity index (χ1v) is 5.24. The predicted octanol–water partition coefficient (Wildman–Crippen LogP) is 0.903. The lowest BCUT2D eigenvalue weighted by Gasteiger charge is -2.04. The Balaban J connectivity index is 3.04. The Morgan fingerprint density at radius 2 is 2.08 bits per heavy atom. The predicted molar refractivity (Wildman–Crippen MR) is 46.5 cm³/mol. The summed E-state index contributed by atoms with van der Waals surface area (Å²) in [6.07, 6.45) is 0.916. The van der Waals surface area contributed by atoms with Gasteiger partial charge in [-0.3, -0.25) is 4.72 Å². The zero-order valence-electron chi connectivity index (χ0n) is 6.78. The fourth-order valence-corrected chi connectivity index (χ4v) is 1.35. The van der Waals surface area contributed by atoms with Gasteiger partial charge in [0.2, 0.25) is 10.0 Å². The highest BCUT2D eigenvalue weighted by molar-refractivity contribution is 7.92. The van der Waals surface area contributed by atoms with E-state index in [9.17, 15) is 12.8 Å². The third-order valence-corrected chi connectivity index (χ3v) is 1.84. The average molecular weight is 205 g/mol. The minimum absolute atomic E-state index is 0.180. The molecule has 1 rings (SSSR count). The van der Waals surface area contributed by atoms with Gasteiger partial charge in [-0.05, 0) is 12.1 Å². The smallest absolute Gasteiger partial charge is 0.229 e. The van der Waals surface area contributed by atoms with E-state index in [2.05, 4.69) is 0 Å². The maximum Gasteiger partial charge on any atom is 0.229 e. The van der Waals surface area contributed by atoms with Crippen molar-refractivity contribution in [3.8, 4) is 5.75 Å². The summed E-state index contributed by atoms with van der Waals surface area (Å²) in [5, 5.41) is 8.82. The van der Waals surface area contributed by atoms with Gasteiger partial charge in [0.15, 0.2) is 5.82 Å². The zero-order valence-corrected chi connectivity index (χ0v) is 7.60. The first-order chi connectivity index (χ1) is 5.88. The van der Waals surface area contributed by atoms with Gasteiger partial charge in [0.05, 0.1) is 11.9 Å². The van der Waals surface area contributed by atoms with Crippen molar-refractivity contribution in [2.45, 2.75) is 0 Å². The monoisotopic (exact) mass is 205 g/mol. The van der Waals surface area contributed by atoms with Crippen molar-refractivity contribution in [2.24, 2.45) is 0 Å². The molecule has 0 unspecified atom stereocenters. The van der Waals surface area contributed by atoms with Crippen LogP contribution in [-0.2, 0) is 10.0 Å². The van der Waals surface area contributed by atoms with Gasteiger partial charge in [-0.15, -0.1) is 0 Å². The van der Waals surface area contributed by atoms with E-state index in [1.165, 1.54) is 6.07 Å². The second-order valence-corrected chi connectivity index (χ2v) is 4.29. The van der Waals surface area contributed by atoms with Crippen LogP contribution in [0.2, 0.25) is 0 Å². The molecule has 0 fully saturated rings. The van der Waals surface area contributed by atoms with Crippen LogP contribution in [0.15, 0.2) is 18.2 Å². The van der Waals surface area contributed by atoms with Crippen LogP contribution in [0.1, 0.15) is 0 Å². The Morgan fingerprint density at radius 3 is 2.54 bits per heavy atom. The second kappa shape index (κ2) is 3.21. The highest BCUT2D eigenvalue weighted by Crippen LogP contribution is 2.19. The van der Waals surface area contributed by atoms with Crippen molar-refractivity contribution >= 4 is 15.7 Å². The maximum absolute atomic E-state index is 12.9. The molecule has 72 valence electrons. The summed E-state index contributed by atoms with van der Waals surface area (Å²) in [5.41, 5.74) is -0.180. The van der Waals surface area contributed by atoms with Crippen molar-refractivity contribution in [3.63, 3.8) is 0 Å². The standard InChI is InChI=1S/C7H8FNO3S/c1-13(11,12)9-7-3-2-5(10)4-6(7)8/h2-4,9-10H,1H3. The van der Waals surface area contributed by atoms with E-state index in [1.54, 1.807) is 0 Å². The van der Waals surface area contributed by atoms with Crippen molar-refractivity contribution in [1.82, 2.24) is 0 Å². The molecule has 4 nitrogen and oxygen atoms in total. The van der Waals surface area contributed by atoms with Crippen molar-refractivity contribution in [3.05, 3.63) is 24.0 Å². The molecule has 0 heterocycles. The Bertz CT molecular complexity index is 416. The van der Waals surface area contributed by atoms with E-state index >= 15 is 0 Å². The molecular weight excluding hydrogens is 197 g/mol. The van der Waals surface area contributed by atoms with Gasteiger partial charge in [0.1, 0.15) is 5.75 Å². The summed E-state index contributed by atoms with van der Waals surface area (Å²) in [7, 11) is -3.48. The molecule has 2 N–H and O–H groups in total. The minimum atomic E-state index is -3.48. The van der Waals surface area contributed by atoms with E-state index < -0.39 is 15.8 Å². The molecule has 1 aromatic rings. The van der Waals surface area contributed by atoms with Crippen LogP contribution >= 0.6 is 0 Å². The number of nitrogens with one attached hydrogen (secondary N) is 1. The summed E-state index contributed by atoms with van der Waals surface area (Å²) < 4.78 is 36.3. The van der Waals surface area contributed by atoms with Crippen LogP contribution < -0.4 is 4.72 Å². The molecular formula is C7H8FNO3S. The van der Waals surface area contributed by atoms with Gasteiger partial charge in [0.25, 0.3) is 0 Å². The maximum atomic E-state index is 12.9. The number of anilines is 1. The van der Waals surface area contributed by atoms with Gasteiger partial charge in [-0.1, -0.05) is 0 Å². The zero-order chi connectivity index (χ0) is 10.1. The Labute approximate surface area is 75.1 Å². The molecule has 6 heteroatoms. The number of phenols is 1. The normalized spacial score (nSPS) is 11.2. The fraction of sp³-hybridized carbons (Fsp3) is 0.143. The lowest BCUT2D eigenvalue weighted by Crippen LogP contribution is -2.10. The number of sulfonamides is 1. The van der Waals surface area contributed by atoms with Crippen molar-refractivity contribution < 1.29 is 17.9 Å². The summed E-state index contributed by atoms with van der Waals surface area (Å²) in [6, 6.07) is 3.16. The minimum Gasteiger partial charge on any atom is -0.508 e. The number of aromatic hydroxyl groups is 1. The first-order valence-electron chi connectivity index (χ1n) is 3.35. The molecule has 0 atom stereocenters. The summed E-state index contributed by atoms with van der Waals surface area (Å²) in [5.74, 6) is -1.07. The van der Waals surface area contributed by atoms with Gasteiger partial charge >= 0.3 is 0 Å². The van der Waals surface area contributed by atoms with Gasteiger partial charge < -0.3 is 5.11 Å². The van der Waals surface area contributed by atoms with E-state index in [-0.39, 0.29) is 11.4 Å². The molecule has 0 radical (unpaired) electrons. The molecule has 0 bridgehead atoms. The van der Waals surface area contributed by atoms with Gasteiger partial charge in [-0.25, -0.2) is 12.8 Å². The molecule has 13 heavy (non-hydrogen) atoms. The third kappa shape index (κ3) is 2.90. The number of rotatable bonds is 2. The van der Waals surface area contributed by atoms with Crippen LogP contribution in [0.5, 0.6) is 5.75 Å². The van der Waals surface area contributed by atoms with E-state index in [0.717, 1.165) is 18.4 Å². The van der Waals surface area contributed by atoms with Crippen LogP contribution in [0.3, 0.4) is 0 Å². The highest BCUT2D eigenvalue weighted by atomic mass is 32.2. The second-order valence-electron chi connectivity index (χ2n) is 2.54. The Kier molecular flexibility index (Phi) is 2.42. The lowest BCUT2D eigenvalue weighted by molar-refractivity contribution is 0.469. The summed E-state index contributed by atoms with van der Waals surface area (Å²) in [4.78, 5) is 0. The number of hydrogen-bond acceptors (Lipinski definition) is 3. The van der Waals surface area contributed by atoms with Gasteiger partial charge in [0, 0.05) is 6.07 Å². The molecule has 0 aliphatic rings. The number of halogens is 1. The average Bonchev–Trinajstić information content (AvgIpc) is 1.93. The number of phenolic OH excluding ortho intramolecular Hbond substituents is 1. The lowest BCUT2D eigenvalue weighted by atomic mass is 10.3. The largest absolute Gasteiger partial charge is 0.508 e. The van der Waals surface area contributed by atoms with Crippen molar-refractivity contribution in [1.29, 1.82) is 0 Å². The molecule has 1 aromatic carbocycles. The first kappa shape index (κ1) is 9.79. The van der Waals surface area contributed by atoms with Crippen LogP contribution in [0.4, 0.5) is 10.1 Å². The molecule has 0 saturated carbocycles. The Morgan fingerprint density at radius 1 is 1.46 bits per heavy atom. The van der Waals surface area contributed by atoms with E-state index in [0.29, 0.717) is 0 Å². The molecule has 0 aliphatic carbocycles. The van der Waals surface area contributed by atoms with Gasteiger partial charge in [-0.2, -0.15) is 0 Å². The number of benzene rings is 1. The van der Waals surface area contributed by atoms with Crippen molar-refractivity contribution in [2.75, 3.05) is 11.0 Å². The molecule has 0 aromatic heterocycles. The molecule has 0 amide bonds. The van der Waals surface area contributed by atoms with Crippen LogP contribution in [0.25, 0.3) is 0 Å². The summed E-state index contributed by atoms with van der Waals surface area (Å²) >= 11 is 0. The number of hydrogen-bond donors (Lipinski definition) is 2. The SMILES string of the molecule is CS(=O)(=O)Nc1ccc(O)cc1F. The molecule has 0 aliphatic heterocycles. The van der Waals surface area contributed by atoms with E-state index in [4.69, 9.17) is 5.11 Å². The molecule has 0 spiro atoms. The summed E-state index contributed by atoms with van der Waals surface area (Å²) in [6.45, 7) is 0. The highest BCUT2D eigenvalue weighted by Gasteiger charge is 2.07. The fourth-order valence-electron chi connectivity index (χ4n) is 0.787. The topological polar surface area (TPSA) is 66.4 Å². The quantitative estimate of drug-likeness (QED) is 0.705. The Hall–Kier alpha value is -1.30. The van der Waals surface area contributed by atoms with E-state index in [1.807, 2.05) is 4.72 Å². The third-order valence-electron chi connectivity index (χ3n) is 1.25. The molecule has 0 saturated heterocycles. The van der Waals surface area contributed by atoms with Crippen LogP contribution in [0, 0.1) is 5.82 Å².